The third-order valence-electron chi connectivity index (χ3n) is 3.83. The van der Waals surface area contributed by atoms with E-state index >= 15 is 0 Å². The molecule has 124 valence electrons. The lowest BCUT2D eigenvalue weighted by atomic mass is 10.2. The number of hydrogen-bond acceptors (Lipinski definition) is 3. The molecule has 23 heavy (non-hydrogen) atoms. The van der Waals surface area contributed by atoms with E-state index in [9.17, 15) is 13.2 Å². The molecule has 0 saturated carbocycles. The fourth-order valence-corrected chi connectivity index (χ4v) is 4.23. The van der Waals surface area contributed by atoms with Crippen molar-refractivity contribution >= 4 is 16.1 Å². The molecule has 0 radical (unpaired) electrons. The van der Waals surface area contributed by atoms with Gasteiger partial charge in [0.15, 0.2) is 0 Å². The Balaban J connectivity index is 2.08. The summed E-state index contributed by atoms with van der Waals surface area (Å²) >= 11 is 0. The topological polar surface area (TPSA) is 69.7 Å². The molecule has 1 fully saturated rings. The van der Waals surface area contributed by atoms with Crippen LogP contribution in [0.1, 0.15) is 11.1 Å². The van der Waals surface area contributed by atoms with E-state index in [-0.39, 0.29) is 25.7 Å². The SMILES string of the molecule is C#CCNC(=O)N1CCN(S(=O)(=O)c2cc(C)ccc2C)CC1. The van der Waals surface area contributed by atoms with E-state index in [4.69, 9.17) is 6.42 Å². The number of aryl methyl sites for hydroxylation is 2. The van der Waals surface area contributed by atoms with Gasteiger partial charge < -0.3 is 10.2 Å². The van der Waals surface area contributed by atoms with Crippen LogP contribution in [0.5, 0.6) is 0 Å². The summed E-state index contributed by atoms with van der Waals surface area (Å²) in [5.74, 6) is 2.34. The normalized spacial score (nSPS) is 16.0. The van der Waals surface area contributed by atoms with Gasteiger partial charge in [0.2, 0.25) is 10.0 Å². The number of rotatable bonds is 3. The Kier molecular flexibility index (Phi) is 5.29. The van der Waals surface area contributed by atoms with Crippen molar-refractivity contribution in [2.24, 2.45) is 0 Å². The minimum absolute atomic E-state index is 0.167. The van der Waals surface area contributed by atoms with Crippen LogP contribution in [0.15, 0.2) is 23.1 Å². The molecule has 7 heteroatoms. The first-order valence-electron chi connectivity index (χ1n) is 7.40. The van der Waals surface area contributed by atoms with Crippen molar-refractivity contribution in [3.8, 4) is 12.3 Å². The number of nitrogens with one attached hydrogen (secondary N) is 1. The van der Waals surface area contributed by atoms with Crippen molar-refractivity contribution in [2.75, 3.05) is 32.7 Å². The monoisotopic (exact) mass is 335 g/mol. The maximum atomic E-state index is 12.8. The lowest BCUT2D eigenvalue weighted by molar-refractivity contribution is 0.173. The van der Waals surface area contributed by atoms with Crippen LogP contribution in [0.2, 0.25) is 0 Å². The maximum absolute atomic E-state index is 12.8. The Hall–Kier alpha value is -2.04. The summed E-state index contributed by atoms with van der Waals surface area (Å²) in [6, 6.07) is 5.14. The second kappa shape index (κ2) is 7.02. The molecule has 0 spiro atoms. The molecule has 0 atom stereocenters. The van der Waals surface area contributed by atoms with Gasteiger partial charge in [0.25, 0.3) is 0 Å². The number of carbonyl (C=O) groups excluding carboxylic acids is 1. The first kappa shape index (κ1) is 17.3. The van der Waals surface area contributed by atoms with Gasteiger partial charge in [-0.05, 0) is 31.0 Å². The summed E-state index contributed by atoms with van der Waals surface area (Å²) in [5.41, 5.74) is 1.63. The van der Waals surface area contributed by atoms with Gasteiger partial charge in [-0.3, -0.25) is 0 Å². The highest BCUT2D eigenvalue weighted by atomic mass is 32.2. The predicted molar refractivity (Wildman–Crippen MR) is 88.5 cm³/mol. The minimum Gasteiger partial charge on any atom is -0.327 e. The van der Waals surface area contributed by atoms with Crippen LogP contribution in [-0.4, -0.2) is 56.4 Å². The molecule has 0 unspecified atom stereocenters. The van der Waals surface area contributed by atoms with E-state index in [1.807, 2.05) is 19.1 Å². The van der Waals surface area contributed by atoms with Gasteiger partial charge >= 0.3 is 6.03 Å². The average molecular weight is 335 g/mol. The molecule has 1 aliphatic heterocycles. The lowest BCUT2D eigenvalue weighted by Crippen LogP contribution is -2.53. The first-order valence-corrected chi connectivity index (χ1v) is 8.84. The number of terminal acetylenes is 1. The largest absolute Gasteiger partial charge is 0.327 e. The average Bonchev–Trinajstić information content (AvgIpc) is 2.54. The zero-order valence-electron chi connectivity index (χ0n) is 13.4. The van der Waals surface area contributed by atoms with Crippen molar-refractivity contribution in [2.45, 2.75) is 18.7 Å². The Morgan fingerprint density at radius 3 is 2.52 bits per heavy atom. The van der Waals surface area contributed by atoms with Crippen LogP contribution >= 0.6 is 0 Å². The Labute approximate surface area is 137 Å². The molecule has 1 aliphatic rings. The Morgan fingerprint density at radius 1 is 1.26 bits per heavy atom. The van der Waals surface area contributed by atoms with Crippen molar-refractivity contribution in [1.29, 1.82) is 0 Å². The third-order valence-corrected chi connectivity index (χ3v) is 5.87. The van der Waals surface area contributed by atoms with E-state index in [0.717, 1.165) is 11.1 Å². The van der Waals surface area contributed by atoms with Crippen LogP contribution in [0.25, 0.3) is 0 Å². The Bertz CT molecular complexity index is 729. The van der Waals surface area contributed by atoms with Crippen LogP contribution in [0, 0.1) is 26.2 Å². The lowest BCUT2D eigenvalue weighted by Gasteiger charge is -2.34. The molecule has 2 amide bonds. The van der Waals surface area contributed by atoms with Gasteiger partial charge in [0, 0.05) is 26.2 Å². The zero-order valence-corrected chi connectivity index (χ0v) is 14.2. The molecule has 2 rings (SSSR count). The predicted octanol–water partition coefficient (Wildman–Crippen LogP) is 0.953. The number of piperazine rings is 1. The smallest absolute Gasteiger partial charge is 0.318 e. The molecular weight excluding hydrogens is 314 g/mol. The summed E-state index contributed by atoms with van der Waals surface area (Å²) in [6.07, 6.45) is 5.11. The van der Waals surface area contributed by atoms with Crippen molar-refractivity contribution in [3.05, 3.63) is 29.3 Å². The van der Waals surface area contributed by atoms with Crippen LogP contribution in [0.3, 0.4) is 0 Å². The van der Waals surface area contributed by atoms with Gasteiger partial charge in [0.1, 0.15) is 0 Å². The molecule has 0 bridgehead atoms. The van der Waals surface area contributed by atoms with E-state index in [0.29, 0.717) is 18.0 Å². The quantitative estimate of drug-likeness (QED) is 0.836. The summed E-state index contributed by atoms with van der Waals surface area (Å²) < 4.78 is 27.0. The standard InChI is InChI=1S/C16H21N3O3S/c1-4-7-17-16(20)18-8-10-19(11-9-18)23(21,22)15-12-13(2)5-6-14(15)3/h1,5-6,12H,7-11H2,2-3H3,(H,17,20). The second-order valence-electron chi connectivity index (χ2n) is 5.52. The fraction of sp³-hybridized carbons (Fsp3) is 0.438. The van der Waals surface area contributed by atoms with Crippen LogP contribution < -0.4 is 5.32 Å². The van der Waals surface area contributed by atoms with Gasteiger partial charge in [-0.15, -0.1) is 6.42 Å². The molecular formula is C16H21N3O3S. The molecule has 6 nitrogen and oxygen atoms in total. The number of urea groups is 1. The molecule has 0 aliphatic carbocycles. The van der Waals surface area contributed by atoms with E-state index in [1.165, 1.54) is 4.31 Å². The number of carbonyl (C=O) groups is 1. The van der Waals surface area contributed by atoms with Crippen LogP contribution in [-0.2, 0) is 10.0 Å². The number of sulfonamides is 1. The number of nitrogens with zero attached hydrogens (tertiary/aromatic N) is 2. The van der Waals surface area contributed by atoms with Gasteiger partial charge in [0.05, 0.1) is 11.4 Å². The summed E-state index contributed by atoms with van der Waals surface area (Å²) in [5, 5.41) is 2.59. The number of hydrogen-bond donors (Lipinski definition) is 1. The number of benzene rings is 1. The molecule has 1 saturated heterocycles. The van der Waals surface area contributed by atoms with Gasteiger partial charge in [-0.25, -0.2) is 13.2 Å². The molecule has 1 heterocycles. The third kappa shape index (κ3) is 3.84. The van der Waals surface area contributed by atoms with Crippen molar-refractivity contribution < 1.29 is 13.2 Å². The molecule has 1 N–H and O–H groups in total. The van der Waals surface area contributed by atoms with Gasteiger partial charge in [-0.1, -0.05) is 18.1 Å². The number of amides is 2. The minimum atomic E-state index is -3.54. The molecule has 1 aromatic rings. The highest BCUT2D eigenvalue weighted by molar-refractivity contribution is 7.89. The highest BCUT2D eigenvalue weighted by Gasteiger charge is 2.30. The zero-order chi connectivity index (χ0) is 17.0. The second-order valence-corrected chi connectivity index (χ2v) is 7.43. The van der Waals surface area contributed by atoms with E-state index in [2.05, 4.69) is 11.2 Å². The van der Waals surface area contributed by atoms with Crippen LogP contribution in [0.4, 0.5) is 4.79 Å². The summed E-state index contributed by atoms with van der Waals surface area (Å²) in [6.45, 7) is 5.07. The van der Waals surface area contributed by atoms with E-state index < -0.39 is 10.0 Å². The first-order chi connectivity index (χ1) is 10.9. The maximum Gasteiger partial charge on any atom is 0.318 e. The van der Waals surface area contributed by atoms with E-state index in [1.54, 1.807) is 17.9 Å². The highest BCUT2D eigenvalue weighted by Crippen LogP contribution is 2.22. The van der Waals surface area contributed by atoms with Gasteiger partial charge in [-0.2, -0.15) is 4.31 Å². The molecule has 1 aromatic carbocycles. The van der Waals surface area contributed by atoms with Crippen molar-refractivity contribution in [3.63, 3.8) is 0 Å². The summed E-state index contributed by atoms with van der Waals surface area (Å²) in [4.78, 5) is 13.7. The van der Waals surface area contributed by atoms with Crippen molar-refractivity contribution in [1.82, 2.24) is 14.5 Å². The fourth-order valence-electron chi connectivity index (χ4n) is 2.49. The Morgan fingerprint density at radius 2 is 1.91 bits per heavy atom. The summed E-state index contributed by atoms with van der Waals surface area (Å²) in [7, 11) is -3.54. The molecule has 0 aromatic heterocycles.